The quantitative estimate of drug-likeness (QED) is 0.479. The van der Waals surface area contributed by atoms with Crippen molar-refractivity contribution >= 4 is 45.0 Å². The van der Waals surface area contributed by atoms with Crippen LogP contribution in [-0.2, 0) is 14.3 Å². The maximum Gasteiger partial charge on any atom is 0.341 e. The molecule has 2 N–H and O–H groups in total. The molecule has 0 saturated heterocycles. The monoisotopic (exact) mass is 395 g/mol. The molecule has 6 nitrogen and oxygen atoms in total. The normalized spacial score (nSPS) is 10.9. The molecule has 0 aliphatic carbocycles. The highest BCUT2D eigenvalue weighted by Crippen LogP contribution is 2.37. The van der Waals surface area contributed by atoms with E-state index in [1.807, 2.05) is 42.5 Å². The number of carbonyl (C=O) groups is 3. The number of carboxylic acids is 1. The van der Waals surface area contributed by atoms with Crippen molar-refractivity contribution in [3.8, 4) is 11.1 Å². The van der Waals surface area contributed by atoms with Crippen molar-refractivity contribution in [3.05, 3.63) is 65.6 Å². The summed E-state index contributed by atoms with van der Waals surface area (Å²) in [5, 5.41) is 15.4. The lowest BCUT2D eigenvalue weighted by Gasteiger charge is -2.08. The number of aliphatic carboxylic acids is 1. The van der Waals surface area contributed by atoms with Crippen molar-refractivity contribution in [2.75, 3.05) is 11.9 Å². The summed E-state index contributed by atoms with van der Waals surface area (Å²) in [5.74, 6) is -2.42. The van der Waals surface area contributed by atoms with Gasteiger partial charge in [0.25, 0.3) is 0 Å². The zero-order valence-electron chi connectivity index (χ0n) is 15.0. The van der Waals surface area contributed by atoms with Gasteiger partial charge in [0, 0.05) is 23.1 Å². The molecule has 0 spiro atoms. The number of amides is 1. The molecular weight excluding hydrogens is 378 g/mol. The van der Waals surface area contributed by atoms with Crippen molar-refractivity contribution in [1.29, 1.82) is 0 Å². The maximum atomic E-state index is 12.6. The van der Waals surface area contributed by atoms with Crippen molar-refractivity contribution in [3.63, 3.8) is 0 Å². The third-order valence-corrected chi connectivity index (χ3v) is 4.84. The fourth-order valence-corrected chi connectivity index (χ4v) is 3.69. The molecule has 0 radical (unpaired) electrons. The van der Waals surface area contributed by atoms with Gasteiger partial charge >= 0.3 is 11.9 Å². The Kier molecular flexibility index (Phi) is 5.86. The first-order valence-corrected chi connectivity index (χ1v) is 9.37. The van der Waals surface area contributed by atoms with Crippen LogP contribution in [0.4, 0.5) is 5.00 Å². The van der Waals surface area contributed by atoms with Crippen molar-refractivity contribution in [1.82, 2.24) is 0 Å². The molecule has 0 bridgehead atoms. The molecule has 142 valence electrons. The van der Waals surface area contributed by atoms with Crippen molar-refractivity contribution < 1.29 is 24.2 Å². The highest BCUT2D eigenvalue weighted by molar-refractivity contribution is 7.15. The van der Waals surface area contributed by atoms with E-state index < -0.39 is 17.8 Å². The predicted molar refractivity (Wildman–Crippen MR) is 109 cm³/mol. The predicted octanol–water partition coefficient (Wildman–Crippen LogP) is 4.32. The van der Waals surface area contributed by atoms with Gasteiger partial charge in [-0.05, 0) is 29.3 Å². The van der Waals surface area contributed by atoms with Crippen LogP contribution in [-0.4, -0.2) is 29.6 Å². The highest BCUT2D eigenvalue weighted by Gasteiger charge is 2.22. The van der Waals surface area contributed by atoms with E-state index in [-0.39, 0.29) is 12.2 Å². The van der Waals surface area contributed by atoms with Gasteiger partial charge in [0.2, 0.25) is 5.91 Å². The Morgan fingerprint density at radius 1 is 1.11 bits per heavy atom. The standard InChI is InChI=1S/C21H17NO5S/c1-2-27-21(26)19-16(12-28-20(19)22-17(23)9-10-18(24)25)15-8-7-13-5-3-4-6-14(13)11-15/h3-12H,2H2,1H3,(H,22,23)(H,24,25)/b10-9+. The minimum absolute atomic E-state index is 0.193. The van der Waals surface area contributed by atoms with Gasteiger partial charge in [-0.15, -0.1) is 11.3 Å². The molecule has 0 saturated carbocycles. The van der Waals surface area contributed by atoms with Gasteiger partial charge in [0.05, 0.1) is 6.61 Å². The number of hydrogen-bond donors (Lipinski definition) is 2. The summed E-state index contributed by atoms with van der Waals surface area (Å²) in [6, 6.07) is 13.7. The van der Waals surface area contributed by atoms with Gasteiger partial charge in [-0.3, -0.25) is 4.79 Å². The van der Waals surface area contributed by atoms with E-state index in [2.05, 4.69) is 5.32 Å². The van der Waals surface area contributed by atoms with Crippen LogP contribution in [0.25, 0.3) is 21.9 Å². The summed E-state index contributed by atoms with van der Waals surface area (Å²) in [5.41, 5.74) is 1.71. The average Bonchev–Trinajstić information content (AvgIpc) is 3.09. The summed E-state index contributed by atoms with van der Waals surface area (Å²) < 4.78 is 5.16. The van der Waals surface area contributed by atoms with Crippen LogP contribution >= 0.6 is 11.3 Å². The number of anilines is 1. The second-order valence-corrected chi connectivity index (χ2v) is 6.68. The Bertz CT molecular complexity index is 1080. The number of carbonyl (C=O) groups excluding carboxylic acids is 2. The number of hydrogen-bond acceptors (Lipinski definition) is 5. The molecule has 28 heavy (non-hydrogen) atoms. The number of carboxylic acid groups (broad SMARTS) is 1. The first-order chi connectivity index (χ1) is 13.5. The third-order valence-electron chi connectivity index (χ3n) is 3.95. The number of fused-ring (bicyclic) bond motifs is 1. The first kappa shape index (κ1) is 19.3. The Labute approximate surface area is 165 Å². The molecule has 1 heterocycles. The van der Waals surface area contributed by atoms with E-state index in [4.69, 9.17) is 9.84 Å². The molecule has 0 aliphatic heterocycles. The van der Waals surface area contributed by atoms with Gasteiger partial charge in [-0.2, -0.15) is 0 Å². The van der Waals surface area contributed by atoms with Crippen molar-refractivity contribution in [2.45, 2.75) is 6.92 Å². The van der Waals surface area contributed by atoms with Crippen LogP contribution in [0.1, 0.15) is 17.3 Å². The maximum absolute atomic E-state index is 12.6. The Balaban J connectivity index is 2.02. The summed E-state index contributed by atoms with van der Waals surface area (Å²) in [7, 11) is 0. The van der Waals surface area contributed by atoms with Crippen LogP contribution in [0.5, 0.6) is 0 Å². The molecule has 0 unspecified atom stereocenters. The summed E-state index contributed by atoms with van der Waals surface area (Å²) in [4.78, 5) is 35.1. The lowest BCUT2D eigenvalue weighted by atomic mass is 10.00. The van der Waals surface area contributed by atoms with Crippen LogP contribution in [0.2, 0.25) is 0 Å². The number of thiophene rings is 1. The zero-order chi connectivity index (χ0) is 20.1. The third kappa shape index (κ3) is 4.27. The Morgan fingerprint density at radius 3 is 2.57 bits per heavy atom. The van der Waals surface area contributed by atoms with Gasteiger partial charge in [0.15, 0.2) is 0 Å². The topological polar surface area (TPSA) is 92.7 Å². The van der Waals surface area contributed by atoms with Gasteiger partial charge in [-0.25, -0.2) is 9.59 Å². The minimum Gasteiger partial charge on any atom is -0.478 e. The summed E-state index contributed by atoms with van der Waals surface area (Å²) in [6.45, 7) is 1.89. The first-order valence-electron chi connectivity index (χ1n) is 8.49. The number of rotatable bonds is 6. The summed E-state index contributed by atoms with van der Waals surface area (Å²) >= 11 is 1.18. The smallest absolute Gasteiger partial charge is 0.341 e. The van der Waals surface area contributed by atoms with E-state index in [0.717, 1.165) is 28.5 Å². The van der Waals surface area contributed by atoms with Gasteiger partial charge in [-0.1, -0.05) is 36.4 Å². The van der Waals surface area contributed by atoms with E-state index >= 15 is 0 Å². The lowest BCUT2D eigenvalue weighted by Crippen LogP contribution is -2.13. The van der Waals surface area contributed by atoms with Crippen molar-refractivity contribution in [2.24, 2.45) is 0 Å². The molecule has 0 fully saturated rings. The minimum atomic E-state index is -1.23. The zero-order valence-corrected chi connectivity index (χ0v) is 15.8. The molecule has 0 atom stereocenters. The number of nitrogens with one attached hydrogen (secondary N) is 1. The number of ether oxygens (including phenoxy) is 1. The van der Waals surface area contributed by atoms with Crippen LogP contribution in [0.3, 0.4) is 0 Å². The second-order valence-electron chi connectivity index (χ2n) is 5.80. The SMILES string of the molecule is CCOC(=O)c1c(-c2ccc3ccccc3c2)csc1NC(=O)/C=C/C(=O)O. The number of benzene rings is 2. The van der Waals surface area contributed by atoms with E-state index in [9.17, 15) is 14.4 Å². The largest absolute Gasteiger partial charge is 0.478 e. The molecule has 0 aliphatic rings. The van der Waals surface area contributed by atoms with Gasteiger partial charge < -0.3 is 15.2 Å². The van der Waals surface area contributed by atoms with E-state index in [1.165, 1.54) is 11.3 Å². The molecule has 1 aromatic heterocycles. The van der Waals surface area contributed by atoms with Crippen LogP contribution in [0, 0.1) is 0 Å². The average molecular weight is 395 g/mol. The van der Waals surface area contributed by atoms with Crippen LogP contribution < -0.4 is 5.32 Å². The van der Waals surface area contributed by atoms with Crippen LogP contribution in [0.15, 0.2) is 60.0 Å². The fraction of sp³-hybridized carbons (Fsp3) is 0.0952. The molecule has 7 heteroatoms. The Hall–Kier alpha value is -3.45. The molecular formula is C21H17NO5S. The Morgan fingerprint density at radius 2 is 1.86 bits per heavy atom. The molecule has 3 rings (SSSR count). The number of esters is 1. The molecule has 3 aromatic rings. The second kappa shape index (κ2) is 8.49. The lowest BCUT2D eigenvalue weighted by molar-refractivity contribution is -0.131. The van der Waals surface area contributed by atoms with Gasteiger partial charge in [0.1, 0.15) is 10.6 Å². The fourth-order valence-electron chi connectivity index (χ4n) is 2.73. The highest BCUT2D eigenvalue weighted by atomic mass is 32.1. The van der Waals surface area contributed by atoms with E-state index in [0.29, 0.717) is 10.6 Å². The molecule has 1 amide bonds. The molecule has 2 aromatic carbocycles. The summed E-state index contributed by atoms with van der Waals surface area (Å²) in [6.07, 6.45) is 1.63. The van der Waals surface area contributed by atoms with E-state index in [1.54, 1.807) is 12.3 Å².